The lowest BCUT2D eigenvalue weighted by Gasteiger charge is -2.40. The standard InChI is InChI=1S/C25H42N4O4/c1-3-4-5-6-7-8-9-22-20-29(33-21(2)30)24(26-22)10-11-25(31)28-14-12-23(13-15-28)27-16-18-32-19-17-27/h20,23H,3-19H2,1-2H3. The second kappa shape index (κ2) is 13.7. The van der Waals surface area contributed by atoms with Gasteiger partial charge in [0, 0.05) is 52.0 Å². The fourth-order valence-electron chi connectivity index (χ4n) is 4.84. The fraction of sp³-hybridized carbons (Fsp3) is 0.800. The molecule has 0 saturated carbocycles. The van der Waals surface area contributed by atoms with E-state index in [0.29, 0.717) is 24.7 Å². The Bertz CT molecular complexity index is 737. The molecule has 3 heterocycles. The topological polar surface area (TPSA) is 76.9 Å². The number of imidazole rings is 1. The number of hydrogen-bond acceptors (Lipinski definition) is 6. The molecule has 0 atom stereocenters. The van der Waals surface area contributed by atoms with E-state index < -0.39 is 0 Å². The average Bonchev–Trinajstić information content (AvgIpc) is 3.21. The summed E-state index contributed by atoms with van der Waals surface area (Å²) in [5.41, 5.74) is 0.931. The van der Waals surface area contributed by atoms with Gasteiger partial charge in [0.05, 0.1) is 25.1 Å². The molecule has 1 aromatic heterocycles. The number of piperidine rings is 1. The maximum absolute atomic E-state index is 12.8. The van der Waals surface area contributed by atoms with Crippen molar-refractivity contribution in [1.82, 2.24) is 19.5 Å². The number of amides is 1. The van der Waals surface area contributed by atoms with E-state index in [9.17, 15) is 9.59 Å². The third kappa shape index (κ3) is 8.41. The third-order valence-corrected chi connectivity index (χ3v) is 6.75. The highest BCUT2D eigenvalue weighted by Gasteiger charge is 2.28. The Hall–Kier alpha value is -1.93. The van der Waals surface area contributed by atoms with E-state index in [-0.39, 0.29) is 11.9 Å². The Balaban J connectivity index is 1.45. The molecule has 0 aliphatic carbocycles. The highest BCUT2D eigenvalue weighted by molar-refractivity contribution is 5.76. The summed E-state index contributed by atoms with van der Waals surface area (Å²) in [6, 6.07) is 0.561. The van der Waals surface area contributed by atoms with Crippen molar-refractivity contribution in [3.63, 3.8) is 0 Å². The summed E-state index contributed by atoms with van der Waals surface area (Å²) >= 11 is 0. The van der Waals surface area contributed by atoms with Crippen LogP contribution in [0.1, 0.15) is 83.2 Å². The van der Waals surface area contributed by atoms with Gasteiger partial charge in [0.2, 0.25) is 5.91 Å². The van der Waals surface area contributed by atoms with Gasteiger partial charge in [-0.15, -0.1) is 0 Å². The summed E-state index contributed by atoms with van der Waals surface area (Å²) in [7, 11) is 0. The van der Waals surface area contributed by atoms with Gasteiger partial charge in [0.1, 0.15) is 5.82 Å². The van der Waals surface area contributed by atoms with Gasteiger partial charge >= 0.3 is 5.97 Å². The first-order valence-corrected chi connectivity index (χ1v) is 12.9. The van der Waals surface area contributed by atoms with Crippen LogP contribution in [-0.4, -0.2) is 76.8 Å². The van der Waals surface area contributed by atoms with Gasteiger partial charge in [0.15, 0.2) is 0 Å². The van der Waals surface area contributed by atoms with Crippen molar-refractivity contribution >= 4 is 11.9 Å². The van der Waals surface area contributed by atoms with Gasteiger partial charge in [-0.1, -0.05) is 39.0 Å². The predicted octanol–water partition coefficient (Wildman–Crippen LogP) is 3.02. The van der Waals surface area contributed by atoms with Crippen LogP contribution in [0.3, 0.4) is 0 Å². The SMILES string of the molecule is CCCCCCCCc1cn(OC(C)=O)c(CCC(=O)N2CCC(N3CCOCC3)CC2)n1. The van der Waals surface area contributed by atoms with Crippen molar-refractivity contribution in [3.05, 3.63) is 17.7 Å². The number of carbonyl (C=O) groups is 2. The quantitative estimate of drug-likeness (QED) is 0.445. The van der Waals surface area contributed by atoms with Crippen LogP contribution in [0.5, 0.6) is 0 Å². The number of unbranched alkanes of at least 4 members (excludes halogenated alkanes) is 5. The minimum absolute atomic E-state index is 0.158. The lowest BCUT2D eigenvalue weighted by molar-refractivity contribution is -0.141. The molecule has 0 spiro atoms. The molecule has 8 nitrogen and oxygen atoms in total. The number of aromatic nitrogens is 2. The molecule has 0 N–H and O–H groups in total. The molecule has 2 saturated heterocycles. The van der Waals surface area contributed by atoms with E-state index >= 15 is 0 Å². The Morgan fingerprint density at radius 2 is 1.73 bits per heavy atom. The molecule has 186 valence electrons. The molecular formula is C25H42N4O4. The van der Waals surface area contributed by atoms with Crippen LogP contribution < -0.4 is 4.84 Å². The smallest absolute Gasteiger partial charge is 0.329 e. The van der Waals surface area contributed by atoms with Gasteiger partial charge in [-0.05, 0) is 25.7 Å². The Morgan fingerprint density at radius 1 is 1.03 bits per heavy atom. The summed E-state index contributed by atoms with van der Waals surface area (Å²) in [5.74, 6) is 0.435. The molecule has 0 radical (unpaired) electrons. The van der Waals surface area contributed by atoms with Crippen molar-refractivity contribution < 1.29 is 19.2 Å². The number of likely N-dealkylation sites (tertiary alicyclic amines) is 1. The molecule has 0 bridgehead atoms. The Labute approximate surface area is 198 Å². The van der Waals surface area contributed by atoms with Crippen molar-refractivity contribution in [2.24, 2.45) is 0 Å². The number of hydrogen-bond donors (Lipinski definition) is 0. The van der Waals surface area contributed by atoms with Crippen molar-refractivity contribution in [3.8, 4) is 0 Å². The molecule has 2 aliphatic rings. The predicted molar refractivity (Wildman–Crippen MR) is 127 cm³/mol. The minimum Gasteiger partial charge on any atom is -0.379 e. The lowest BCUT2D eigenvalue weighted by atomic mass is 10.0. The number of aryl methyl sites for hydroxylation is 2. The third-order valence-electron chi connectivity index (χ3n) is 6.75. The second-order valence-electron chi connectivity index (χ2n) is 9.34. The normalized spacial score (nSPS) is 17.9. The molecule has 2 aliphatic heterocycles. The molecule has 1 aromatic rings. The summed E-state index contributed by atoms with van der Waals surface area (Å²) in [4.78, 5) is 38.9. The first-order chi connectivity index (χ1) is 16.1. The summed E-state index contributed by atoms with van der Waals surface area (Å²) in [6.45, 7) is 8.86. The number of carbonyl (C=O) groups excluding carboxylic acids is 2. The van der Waals surface area contributed by atoms with Gasteiger partial charge in [0.25, 0.3) is 0 Å². The summed E-state index contributed by atoms with van der Waals surface area (Å²) < 4.78 is 6.92. The first kappa shape index (κ1) is 25.7. The maximum atomic E-state index is 12.8. The second-order valence-corrected chi connectivity index (χ2v) is 9.34. The summed E-state index contributed by atoms with van der Waals surface area (Å²) in [5, 5.41) is 0. The van der Waals surface area contributed by atoms with Crippen LogP contribution in [0.25, 0.3) is 0 Å². The highest BCUT2D eigenvalue weighted by atomic mass is 16.7. The minimum atomic E-state index is -0.378. The molecule has 2 fully saturated rings. The van der Waals surface area contributed by atoms with Gasteiger partial charge in [-0.2, -0.15) is 4.73 Å². The zero-order valence-electron chi connectivity index (χ0n) is 20.6. The van der Waals surface area contributed by atoms with E-state index in [1.54, 1.807) is 6.20 Å². The van der Waals surface area contributed by atoms with Crippen LogP contribution in [0, 0.1) is 0 Å². The van der Waals surface area contributed by atoms with Crippen molar-refractivity contribution in [2.75, 3.05) is 39.4 Å². The first-order valence-electron chi connectivity index (χ1n) is 12.9. The zero-order valence-corrected chi connectivity index (χ0v) is 20.6. The Kier molecular flexibility index (Phi) is 10.7. The zero-order chi connectivity index (χ0) is 23.5. The molecule has 3 rings (SSSR count). The van der Waals surface area contributed by atoms with Crippen LogP contribution in [0.2, 0.25) is 0 Å². The van der Waals surface area contributed by atoms with E-state index in [2.05, 4.69) is 16.8 Å². The van der Waals surface area contributed by atoms with Crippen molar-refractivity contribution in [2.45, 2.75) is 90.5 Å². The lowest BCUT2D eigenvalue weighted by Crippen LogP contribution is -2.50. The number of ether oxygens (including phenoxy) is 1. The van der Waals surface area contributed by atoms with E-state index in [0.717, 1.165) is 70.8 Å². The number of nitrogens with zero attached hydrogens (tertiary/aromatic N) is 4. The molecular weight excluding hydrogens is 420 g/mol. The van der Waals surface area contributed by atoms with Crippen LogP contribution in [0.15, 0.2) is 6.20 Å². The average molecular weight is 463 g/mol. The van der Waals surface area contributed by atoms with Crippen LogP contribution in [-0.2, 0) is 27.2 Å². The van der Waals surface area contributed by atoms with Gasteiger partial charge in [-0.3, -0.25) is 9.69 Å². The number of morpholine rings is 1. The largest absolute Gasteiger partial charge is 0.379 e. The molecule has 33 heavy (non-hydrogen) atoms. The van der Waals surface area contributed by atoms with Crippen LogP contribution in [0.4, 0.5) is 0 Å². The maximum Gasteiger partial charge on any atom is 0.329 e. The molecule has 0 aromatic carbocycles. The monoisotopic (exact) mass is 462 g/mol. The van der Waals surface area contributed by atoms with E-state index in [1.807, 2.05) is 4.90 Å². The number of rotatable bonds is 12. The highest BCUT2D eigenvalue weighted by Crippen LogP contribution is 2.19. The summed E-state index contributed by atoms with van der Waals surface area (Å²) in [6.07, 6.45) is 12.9. The van der Waals surface area contributed by atoms with Crippen LogP contribution >= 0.6 is 0 Å². The van der Waals surface area contributed by atoms with Gasteiger partial charge in [-0.25, -0.2) is 9.78 Å². The van der Waals surface area contributed by atoms with E-state index in [1.165, 1.54) is 43.8 Å². The molecule has 0 unspecified atom stereocenters. The molecule has 8 heteroatoms. The fourth-order valence-corrected chi connectivity index (χ4v) is 4.84. The van der Waals surface area contributed by atoms with E-state index in [4.69, 9.17) is 9.57 Å². The van der Waals surface area contributed by atoms with Gasteiger partial charge < -0.3 is 14.5 Å². The van der Waals surface area contributed by atoms with Crippen molar-refractivity contribution in [1.29, 1.82) is 0 Å². The Morgan fingerprint density at radius 3 is 2.42 bits per heavy atom. The molecule has 1 amide bonds.